The monoisotopic (exact) mass is 183 g/mol. The number of nitrogens with one attached hydrogen (secondary N) is 1. The Balaban J connectivity index is 1.80. The molecule has 0 spiro atoms. The van der Waals surface area contributed by atoms with Crippen LogP contribution >= 0.6 is 0 Å². The van der Waals surface area contributed by atoms with Crippen molar-refractivity contribution in [2.45, 2.75) is 32.1 Å². The largest absolute Gasteiger partial charge is 0.396 e. The molecule has 2 nitrogen and oxygen atoms in total. The lowest BCUT2D eigenvalue weighted by molar-refractivity contribution is 0.235. The second-order valence-corrected chi connectivity index (χ2v) is 4.62. The molecule has 2 heteroatoms. The molecule has 1 aliphatic heterocycles. The molecule has 1 saturated heterocycles. The SMILES string of the molecule is OCCCC(C1CC1)C1CCNC1. The highest BCUT2D eigenvalue weighted by Crippen LogP contribution is 2.44. The topological polar surface area (TPSA) is 32.3 Å². The van der Waals surface area contributed by atoms with Crippen LogP contribution in [0, 0.1) is 17.8 Å². The molecule has 2 fully saturated rings. The van der Waals surface area contributed by atoms with Gasteiger partial charge in [-0.05, 0) is 62.9 Å². The minimum absolute atomic E-state index is 0.378. The summed E-state index contributed by atoms with van der Waals surface area (Å²) in [6, 6.07) is 0. The van der Waals surface area contributed by atoms with Crippen LogP contribution in [0.2, 0.25) is 0 Å². The highest BCUT2D eigenvalue weighted by molar-refractivity contribution is 4.88. The van der Waals surface area contributed by atoms with Crippen molar-refractivity contribution in [3.63, 3.8) is 0 Å². The number of aliphatic hydroxyl groups is 1. The fourth-order valence-electron chi connectivity index (χ4n) is 2.75. The van der Waals surface area contributed by atoms with Gasteiger partial charge in [0.15, 0.2) is 0 Å². The third kappa shape index (κ3) is 2.44. The molecule has 2 unspecified atom stereocenters. The van der Waals surface area contributed by atoms with Crippen molar-refractivity contribution in [3.8, 4) is 0 Å². The minimum Gasteiger partial charge on any atom is -0.396 e. The second kappa shape index (κ2) is 4.43. The fraction of sp³-hybridized carbons (Fsp3) is 1.00. The van der Waals surface area contributed by atoms with E-state index in [0.29, 0.717) is 6.61 Å². The molecule has 76 valence electrons. The van der Waals surface area contributed by atoms with Crippen molar-refractivity contribution >= 4 is 0 Å². The van der Waals surface area contributed by atoms with Crippen LogP contribution in [0.3, 0.4) is 0 Å². The molecule has 0 radical (unpaired) electrons. The van der Waals surface area contributed by atoms with Crippen LogP contribution < -0.4 is 5.32 Å². The van der Waals surface area contributed by atoms with Gasteiger partial charge in [0.25, 0.3) is 0 Å². The third-order valence-electron chi connectivity index (χ3n) is 3.63. The number of hydrogen-bond donors (Lipinski definition) is 2. The zero-order valence-corrected chi connectivity index (χ0v) is 8.34. The fourth-order valence-corrected chi connectivity index (χ4v) is 2.75. The Morgan fingerprint density at radius 1 is 1.23 bits per heavy atom. The summed E-state index contributed by atoms with van der Waals surface area (Å²) in [5.41, 5.74) is 0. The summed E-state index contributed by atoms with van der Waals surface area (Å²) in [6.07, 6.45) is 6.54. The summed E-state index contributed by atoms with van der Waals surface area (Å²) in [7, 11) is 0. The van der Waals surface area contributed by atoms with E-state index in [1.807, 2.05) is 0 Å². The average Bonchev–Trinajstić information content (AvgIpc) is 2.82. The van der Waals surface area contributed by atoms with Crippen LogP contribution in [0.4, 0.5) is 0 Å². The molecule has 2 aliphatic rings. The lowest BCUT2D eigenvalue weighted by Gasteiger charge is -2.22. The first-order chi connectivity index (χ1) is 6.42. The predicted molar refractivity (Wildman–Crippen MR) is 53.5 cm³/mol. The number of hydrogen-bond acceptors (Lipinski definition) is 2. The lowest BCUT2D eigenvalue weighted by atomic mass is 9.84. The highest BCUT2D eigenvalue weighted by atomic mass is 16.2. The molecular weight excluding hydrogens is 162 g/mol. The van der Waals surface area contributed by atoms with Crippen LogP contribution in [-0.2, 0) is 0 Å². The quantitative estimate of drug-likeness (QED) is 0.675. The molecule has 0 aromatic heterocycles. The van der Waals surface area contributed by atoms with E-state index >= 15 is 0 Å². The van der Waals surface area contributed by atoms with Crippen molar-refractivity contribution < 1.29 is 5.11 Å². The van der Waals surface area contributed by atoms with Gasteiger partial charge in [-0.3, -0.25) is 0 Å². The van der Waals surface area contributed by atoms with E-state index in [1.165, 1.54) is 38.8 Å². The summed E-state index contributed by atoms with van der Waals surface area (Å²) < 4.78 is 0. The molecule has 0 aromatic carbocycles. The van der Waals surface area contributed by atoms with E-state index < -0.39 is 0 Å². The Morgan fingerprint density at radius 3 is 2.62 bits per heavy atom. The number of aliphatic hydroxyl groups excluding tert-OH is 1. The normalized spacial score (nSPS) is 30.7. The van der Waals surface area contributed by atoms with E-state index in [9.17, 15) is 0 Å². The maximum Gasteiger partial charge on any atom is 0.0431 e. The first kappa shape index (κ1) is 9.47. The summed E-state index contributed by atoms with van der Waals surface area (Å²) in [4.78, 5) is 0. The Labute approximate surface area is 80.7 Å². The van der Waals surface area contributed by atoms with Gasteiger partial charge in [0.1, 0.15) is 0 Å². The van der Waals surface area contributed by atoms with Crippen LogP contribution in [0.5, 0.6) is 0 Å². The molecule has 0 amide bonds. The molecule has 1 heterocycles. The number of rotatable bonds is 5. The zero-order chi connectivity index (χ0) is 9.10. The van der Waals surface area contributed by atoms with E-state index in [4.69, 9.17) is 5.11 Å². The predicted octanol–water partition coefficient (Wildman–Crippen LogP) is 1.39. The van der Waals surface area contributed by atoms with Gasteiger partial charge in [-0.2, -0.15) is 0 Å². The lowest BCUT2D eigenvalue weighted by Crippen LogP contribution is -2.20. The Kier molecular flexibility index (Phi) is 3.23. The molecule has 2 atom stereocenters. The van der Waals surface area contributed by atoms with Gasteiger partial charge in [-0.15, -0.1) is 0 Å². The van der Waals surface area contributed by atoms with Gasteiger partial charge in [-0.1, -0.05) is 0 Å². The molecule has 0 aromatic rings. The summed E-state index contributed by atoms with van der Waals surface area (Å²) in [6.45, 7) is 2.82. The second-order valence-electron chi connectivity index (χ2n) is 4.62. The summed E-state index contributed by atoms with van der Waals surface area (Å²) >= 11 is 0. The van der Waals surface area contributed by atoms with Gasteiger partial charge in [0.05, 0.1) is 0 Å². The van der Waals surface area contributed by atoms with Crippen LogP contribution in [0.1, 0.15) is 32.1 Å². The van der Waals surface area contributed by atoms with E-state index in [0.717, 1.165) is 24.2 Å². The Bertz CT molecular complexity index is 150. The van der Waals surface area contributed by atoms with Gasteiger partial charge < -0.3 is 10.4 Å². The van der Waals surface area contributed by atoms with Crippen molar-refractivity contribution in [3.05, 3.63) is 0 Å². The van der Waals surface area contributed by atoms with Crippen LogP contribution in [-0.4, -0.2) is 24.8 Å². The van der Waals surface area contributed by atoms with Crippen LogP contribution in [0.15, 0.2) is 0 Å². The minimum atomic E-state index is 0.378. The molecule has 2 N–H and O–H groups in total. The molecule has 0 bridgehead atoms. The van der Waals surface area contributed by atoms with Crippen molar-refractivity contribution in [2.75, 3.05) is 19.7 Å². The van der Waals surface area contributed by atoms with E-state index in [2.05, 4.69) is 5.32 Å². The zero-order valence-electron chi connectivity index (χ0n) is 8.34. The van der Waals surface area contributed by atoms with E-state index in [1.54, 1.807) is 0 Å². The first-order valence-corrected chi connectivity index (χ1v) is 5.73. The molecule has 1 aliphatic carbocycles. The molecule has 2 rings (SSSR count). The Hall–Kier alpha value is -0.0800. The van der Waals surface area contributed by atoms with Crippen LogP contribution in [0.25, 0.3) is 0 Å². The van der Waals surface area contributed by atoms with Gasteiger partial charge in [0.2, 0.25) is 0 Å². The summed E-state index contributed by atoms with van der Waals surface area (Å²) in [5.74, 6) is 2.85. The molecule has 1 saturated carbocycles. The molecule has 13 heavy (non-hydrogen) atoms. The van der Waals surface area contributed by atoms with Crippen molar-refractivity contribution in [2.24, 2.45) is 17.8 Å². The van der Waals surface area contributed by atoms with Crippen molar-refractivity contribution in [1.29, 1.82) is 0 Å². The molecular formula is C11H21NO. The van der Waals surface area contributed by atoms with Crippen molar-refractivity contribution in [1.82, 2.24) is 5.32 Å². The maximum absolute atomic E-state index is 8.84. The smallest absolute Gasteiger partial charge is 0.0431 e. The summed E-state index contributed by atoms with van der Waals surface area (Å²) in [5, 5.41) is 12.3. The average molecular weight is 183 g/mol. The van der Waals surface area contributed by atoms with Gasteiger partial charge >= 0.3 is 0 Å². The van der Waals surface area contributed by atoms with Gasteiger partial charge in [0, 0.05) is 6.61 Å². The van der Waals surface area contributed by atoms with E-state index in [-0.39, 0.29) is 0 Å². The first-order valence-electron chi connectivity index (χ1n) is 5.73. The Morgan fingerprint density at radius 2 is 2.08 bits per heavy atom. The standard InChI is InChI=1S/C11H21NO/c13-7-1-2-11(9-3-4-9)10-5-6-12-8-10/h9-13H,1-8H2. The highest BCUT2D eigenvalue weighted by Gasteiger charge is 2.36. The third-order valence-corrected chi connectivity index (χ3v) is 3.63. The van der Waals surface area contributed by atoms with Gasteiger partial charge in [-0.25, -0.2) is 0 Å². The maximum atomic E-state index is 8.84.